The van der Waals surface area contributed by atoms with E-state index in [1.807, 2.05) is 30.3 Å². The summed E-state index contributed by atoms with van der Waals surface area (Å²) in [6, 6.07) is 10.5. The molecule has 0 saturated carbocycles. The summed E-state index contributed by atoms with van der Waals surface area (Å²) in [6.45, 7) is 2.29. The average molecular weight is 292 g/mol. The monoisotopic (exact) mass is 292 g/mol. The fourth-order valence-corrected chi connectivity index (χ4v) is 3.37. The molecular weight excluding hydrogens is 276 g/mol. The first kappa shape index (κ1) is 14.5. The molecule has 1 heterocycles. The molecule has 1 aromatic heterocycles. The molecule has 0 amide bonds. The molecule has 20 heavy (non-hydrogen) atoms. The molecule has 0 aliphatic rings. The van der Waals surface area contributed by atoms with Crippen LogP contribution in [0.3, 0.4) is 0 Å². The predicted molar refractivity (Wildman–Crippen MR) is 76.8 cm³/mol. The number of rotatable bonds is 5. The van der Waals surface area contributed by atoms with Crippen molar-refractivity contribution in [1.29, 1.82) is 0 Å². The summed E-state index contributed by atoms with van der Waals surface area (Å²) in [5, 5.41) is 0. The maximum absolute atomic E-state index is 12.5. The molecule has 1 N–H and O–H groups in total. The largest absolute Gasteiger partial charge is 0.366 e. The summed E-state index contributed by atoms with van der Waals surface area (Å²) in [5.41, 5.74) is 0.376. The van der Waals surface area contributed by atoms with E-state index in [0.717, 1.165) is 5.56 Å². The SMILES string of the molecule is CCN(Cc1ccccc1)S(=O)(=O)c1c[nH]ccc1=O. The highest BCUT2D eigenvalue weighted by molar-refractivity contribution is 7.89. The molecule has 0 aliphatic carbocycles. The van der Waals surface area contributed by atoms with E-state index in [4.69, 9.17) is 0 Å². The number of benzene rings is 1. The van der Waals surface area contributed by atoms with E-state index in [1.54, 1.807) is 6.92 Å². The van der Waals surface area contributed by atoms with Crippen LogP contribution in [0.25, 0.3) is 0 Å². The minimum atomic E-state index is -3.79. The zero-order chi connectivity index (χ0) is 14.6. The lowest BCUT2D eigenvalue weighted by Crippen LogP contribution is -2.33. The van der Waals surface area contributed by atoms with Crippen molar-refractivity contribution in [3.8, 4) is 0 Å². The summed E-state index contributed by atoms with van der Waals surface area (Å²) in [5.74, 6) is 0. The summed E-state index contributed by atoms with van der Waals surface area (Å²) in [7, 11) is -3.79. The molecular formula is C14H16N2O3S. The van der Waals surface area contributed by atoms with Crippen molar-refractivity contribution in [1.82, 2.24) is 9.29 Å². The number of aromatic nitrogens is 1. The first-order valence-electron chi connectivity index (χ1n) is 6.27. The van der Waals surface area contributed by atoms with Crippen LogP contribution in [0.5, 0.6) is 0 Å². The van der Waals surface area contributed by atoms with Gasteiger partial charge < -0.3 is 4.98 Å². The highest BCUT2D eigenvalue weighted by atomic mass is 32.2. The van der Waals surface area contributed by atoms with Gasteiger partial charge >= 0.3 is 0 Å². The van der Waals surface area contributed by atoms with Gasteiger partial charge in [0.1, 0.15) is 4.90 Å². The Labute approximate surface area is 117 Å². The van der Waals surface area contributed by atoms with Crippen LogP contribution in [0, 0.1) is 0 Å². The number of nitrogens with zero attached hydrogens (tertiary/aromatic N) is 1. The third-order valence-corrected chi connectivity index (χ3v) is 4.90. The van der Waals surface area contributed by atoms with Gasteiger partial charge in [-0.2, -0.15) is 4.31 Å². The number of hydrogen-bond donors (Lipinski definition) is 1. The molecule has 0 spiro atoms. The zero-order valence-corrected chi connectivity index (χ0v) is 11.9. The van der Waals surface area contributed by atoms with Crippen LogP contribution in [0.2, 0.25) is 0 Å². The van der Waals surface area contributed by atoms with Crippen LogP contribution in [0.15, 0.2) is 58.5 Å². The van der Waals surface area contributed by atoms with Crippen molar-refractivity contribution in [2.45, 2.75) is 18.4 Å². The van der Waals surface area contributed by atoms with Gasteiger partial charge in [0, 0.05) is 31.5 Å². The quantitative estimate of drug-likeness (QED) is 0.909. The molecule has 0 saturated heterocycles. The van der Waals surface area contributed by atoms with Gasteiger partial charge in [-0.05, 0) is 5.56 Å². The number of pyridine rings is 1. The lowest BCUT2D eigenvalue weighted by atomic mass is 10.2. The van der Waals surface area contributed by atoms with Crippen molar-refractivity contribution in [3.05, 3.63) is 64.6 Å². The van der Waals surface area contributed by atoms with Gasteiger partial charge in [0.15, 0.2) is 0 Å². The normalized spacial score (nSPS) is 11.7. The van der Waals surface area contributed by atoms with Gasteiger partial charge in [0.2, 0.25) is 15.5 Å². The Morgan fingerprint density at radius 1 is 1.15 bits per heavy atom. The first-order chi connectivity index (χ1) is 9.55. The number of sulfonamides is 1. The van der Waals surface area contributed by atoms with E-state index in [0.29, 0.717) is 6.54 Å². The van der Waals surface area contributed by atoms with Gasteiger partial charge in [0.05, 0.1) is 0 Å². The van der Waals surface area contributed by atoms with Crippen LogP contribution in [0.4, 0.5) is 0 Å². The Kier molecular flexibility index (Phi) is 4.36. The van der Waals surface area contributed by atoms with E-state index >= 15 is 0 Å². The van der Waals surface area contributed by atoms with Crippen molar-refractivity contribution < 1.29 is 8.42 Å². The zero-order valence-electron chi connectivity index (χ0n) is 11.1. The van der Waals surface area contributed by atoms with Gasteiger partial charge in [-0.3, -0.25) is 4.79 Å². The van der Waals surface area contributed by atoms with E-state index in [1.165, 1.54) is 22.8 Å². The highest BCUT2D eigenvalue weighted by Crippen LogP contribution is 2.14. The van der Waals surface area contributed by atoms with Crippen molar-refractivity contribution >= 4 is 10.0 Å². The fraction of sp³-hybridized carbons (Fsp3) is 0.214. The molecule has 2 aromatic rings. The van der Waals surface area contributed by atoms with Crippen LogP contribution in [-0.2, 0) is 16.6 Å². The first-order valence-corrected chi connectivity index (χ1v) is 7.71. The molecule has 0 radical (unpaired) electrons. The van der Waals surface area contributed by atoms with Crippen molar-refractivity contribution in [2.24, 2.45) is 0 Å². The van der Waals surface area contributed by atoms with Crippen molar-refractivity contribution in [2.75, 3.05) is 6.54 Å². The molecule has 6 heteroatoms. The van der Waals surface area contributed by atoms with Crippen LogP contribution in [0.1, 0.15) is 12.5 Å². The van der Waals surface area contributed by atoms with Crippen LogP contribution >= 0.6 is 0 Å². The topological polar surface area (TPSA) is 70.2 Å². The average Bonchev–Trinajstić information content (AvgIpc) is 2.46. The summed E-state index contributed by atoms with van der Waals surface area (Å²) < 4.78 is 26.3. The molecule has 0 fully saturated rings. The third-order valence-electron chi connectivity index (χ3n) is 2.96. The van der Waals surface area contributed by atoms with Gasteiger partial charge in [-0.1, -0.05) is 37.3 Å². The Morgan fingerprint density at radius 3 is 2.45 bits per heavy atom. The highest BCUT2D eigenvalue weighted by Gasteiger charge is 2.25. The number of H-pyrrole nitrogens is 1. The van der Waals surface area contributed by atoms with E-state index in [2.05, 4.69) is 4.98 Å². The van der Waals surface area contributed by atoms with E-state index in [-0.39, 0.29) is 11.4 Å². The third kappa shape index (κ3) is 2.97. The van der Waals surface area contributed by atoms with Gasteiger partial charge in [-0.15, -0.1) is 0 Å². The maximum Gasteiger partial charge on any atom is 0.248 e. The predicted octanol–water partition coefficient (Wildman–Crippen LogP) is 1.59. The minimum absolute atomic E-state index is 0.224. The fourth-order valence-electron chi connectivity index (χ4n) is 1.90. The molecule has 0 aliphatic heterocycles. The van der Waals surface area contributed by atoms with Gasteiger partial charge in [0.25, 0.3) is 0 Å². The Hall–Kier alpha value is -1.92. The smallest absolute Gasteiger partial charge is 0.248 e. The van der Waals surface area contributed by atoms with E-state index in [9.17, 15) is 13.2 Å². The Bertz CT molecular complexity index is 723. The standard InChI is InChI=1S/C14H16N2O3S/c1-2-16(11-12-6-4-3-5-7-12)20(18,19)14-10-15-9-8-13(14)17/h3-10H,2,11H2,1H3,(H,15,17). The summed E-state index contributed by atoms with van der Waals surface area (Å²) >= 11 is 0. The van der Waals surface area contributed by atoms with E-state index < -0.39 is 15.5 Å². The number of nitrogens with one attached hydrogen (secondary N) is 1. The second kappa shape index (κ2) is 6.02. The molecule has 106 valence electrons. The summed E-state index contributed by atoms with van der Waals surface area (Å²) in [4.78, 5) is 14.1. The Morgan fingerprint density at radius 2 is 1.85 bits per heavy atom. The van der Waals surface area contributed by atoms with Crippen LogP contribution < -0.4 is 5.43 Å². The lowest BCUT2D eigenvalue weighted by Gasteiger charge is -2.20. The molecule has 1 aromatic carbocycles. The number of hydrogen-bond acceptors (Lipinski definition) is 3. The second-order valence-electron chi connectivity index (χ2n) is 4.29. The van der Waals surface area contributed by atoms with Crippen LogP contribution in [-0.4, -0.2) is 24.3 Å². The lowest BCUT2D eigenvalue weighted by molar-refractivity contribution is 0.423. The molecule has 0 atom stereocenters. The molecule has 0 bridgehead atoms. The maximum atomic E-state index is 12.5. The number of aromatic amines is 1. The minimum Gasteiger partial charge on any atom is -0.366 e. The molecule has 0 unspecified atom stereocenters. The van der Waals surface area contributed by atoms with Gasteiger partial charge in [-0.25, -0.2) is 8.42 Å². The van der Waals surface area contributed by atoms with Crippen molar-refractivity contribution in [3.63, 3.8) is 0 Å². The summed E-state index contributed by atoms with van der Waals surface area (Å²) in [6.07, 6.45) is 2.64. The Balaban J connectivity index is 2.36. The molecule has 2 rings (SSSR count). The molecule has 5 nitrogen and oxygen atoms in total. The second-order valence-corrected chi connectivity index (χ2v) is 6.20.